The van der Waals surface area contributed by atoms with Crippen LogP contribution in [-0.2, 0) is 0 Å². The molecule has 0 aromatic heterocycles. The Kier molecular flexibility index (Phi) is 15.1. The highest BCUT2D eigenvalue weighted by atomic mass is 13.9. The third-order valence-corrected chi connectivity index (χ3v) is 1.75. The predicted octanol–water partition coefficient (Wildman–Crippen LogP) is 5.88. The normalized spacial score (nSPS) is 9.24. The number of allylic oxidation sites excluding steroid dienone is 5. The molecule has 0 atom stereocenters. The van der Waals surface area contributed by atoms with Crippen LogP contribution >= 0.6 is 0 Å². The van der Waals surface area contributed by atoms with Crippen molar-refractivity contribution >= 4 is 5.57 Å². The van der Waals surface area contributed by atoms with Crippen molar-refractivity contribution in [3.63, 3.8) is 0 Å². The fourth-order valence-corrected chi connectivity index (χ4v) is 1.03. The quantitative estimate of drug-likeness (QED) is 0.568. The van der Waals surface area contributed by atoms with Gasteiger partial charge in [-0.05, 0) is 18.1 Å². The molecule has 17 heavy (non-hydrogen) atoms. The summed E-state index contributed by atoms with van der Waals surface area (Å²) in [6.07, 6.45) is 7.99. The highest BCUT2D eigenvalue weighted by Crippen LogP contribution is 2.12. The van der Waals surface area contributed by atoms with E-state index in [1.807, 2.05) is 77.1 Å². The molecule has 1 aromatic carbocycles. The molecule has 0 radical (unpaired) electrons. The van der Waals surface area contributed by atoms with Gasteiger partial charge in [0.15, 0.2) is 0 Å². The molecule has 0 heterocycles. The van der Waals surface area contributed by atoms with Crippen molar-refractivity contribution in [3.05, 3.63) is 66.8 Å². The van der Waals surface area contributed by atoms with Gasteiger partial charge >= 0.3 is 0 Å². The Labute approximate surface area is 107 Å². The minimum Gasteiger partial charge on any atom is -0.0912 e. The van der Waals surface area contributed by atoms with Crippen molar-refractivity contribution in [1.29, 1.82) is 0 Å². The minimum atomic E-state index is 1.04. The standard InChI is InChI=1S/C13H14.2C2H6/c1-3-4-6-9-12(2)13-10-7-5-8-11-13;2*1-2/h3-11H,2H2,1H3;2*1-2H3/b4-3-,9-6-;;. The molecule has 0 unspecified atom stereocenters. The molecule has 0 amide bonds. The molecule has 1 rings (SSSR count). The average Bonchev–Trinajstić information content (AvgIpc) is 2.44. The fourth-order valence-electron chi connectivity index (χ4n) is 1.03. The topological polar surface area (TPSA) is 0 Å². The monoisotopic (exact) mass is 230 g/mol. The summed E-state index contributed by atoms with van der Waals surface area (Å²) in [6, 6.07) is 10.2. The molecule has 0 aliphatic carbocycles. The lowest BCUT2D eigenvalue weighted by Gasteiger charge is -1.97. The van der Waals surface area contributed by atoms with E-state index >= 15 is 0 Å². The van der Waals surface area contributed by atoms with Gasteiger partial charge in [0, 0.05) is 0 Å². The molecule has 0 bridgehead atoms. The smallest absolute Gasteiger partial charge is 0.0190 e. The van der Waals surface area contributed by atoms with E-state index < -0.39 is 0 Å². The lowest BCUT2D eigenvalue weighted by molar-refractivity contribution is 1.50. The van der Waals surface area contributed by atoms with Gasteiger partial charge in [0.2, 0.25) is 0 Å². The van der Waals surface area contributed by atoms with Gasteiger partial charge in [-0.25, -0.2) is 0 Å². The zero-order valence-electron chi connectivity index (χ0n) is 11.9. The minimum absolute atomic E-state index is 1.04. The highest BCUT2D eigenvalue weighted by molar-refractivity contribution is 5.72. The zero-order valence-corrected chi connectivity index (χ0v) is 11.9. The Balaban J connectivity index is 0. The van der Waals surface area contributed by atoms with Gasteiger partial charge in [0.25, 0.3) is 0 Å². The summed E-state index contributed by atoms with van der Waals surface area (Å²) in [5, 5.41) is 0. The Morgan fingerprint density at radius 2 is 1.47 bits per heavy atom. The van der Waals surface area contributed by atoms with Gasteiger partial charge in [-0.3, -0.25) is 0 Å². The maximum atomic E-state index is 3.98. The highest BCUT2D eigenvalue weighted by Gasteiger charge is 1.90. The van der Waals surface area contributed by atoms with Crippen LogP contribution in [-0.4, -0.2) is 0 Å². The van der Waals surface area contributed by atoms with Crippen LogP contribution < -0.4 is 0 Å². The first-order chi connectivity index (χ1) is 8.34. The summed E-state index contributed by atoms with van der Waals surface area (Å²) in [4.78, 5) is 0. The van der Waals surface area contributed by atoms with E-state index in [2.05, 4.69) is 18.7 Å². The summed E-state index contributed by atoms with van der Waals surface area (Å²) in [5.74, 6) is 0. The Bertz CT molecular complexity index is 315. The molecule has 0 heteroatoms. The van der Waals surface area contributed by atoms with E-state index in [9.17, 15) is 0 Å². The molecule has 0 nitrogen and oxygen atoms in total. The van der Waals surface area contributed by atoms with E-state index in [0.29, 0.717) is 0 Å². The second kappa shape index (κ2) is 14.4. The Morgan fingerprint density at radius 3 is 1.94 bits per heavy atom. The summed E-state index contributed by atoms with van der Waals surface area (Å²) >= 11 is 0. The maximum absolute atomic E-state index is 3.98. The van der Waals surface area contributed by atoms with Crippen LogP contribution in [0.4, 0.5) is 0 Å². The van der Waals surface area contributed by atoms with Gasteiger partial charge < -0.3 is 0 Å². The number of hydrogen-bond donors (Lipinski definition) is 0. The number of benzene rings is 1. The van der Waals surface area contributed by atoms with Crippen molar-refractivity contribution in [2.75, 3.05) is 0 Å². The molecule has 0 spiro atoms. The molecule has 94 valence electrons. The van der Waals surface area contributed by atoms with E-state index in [-0.39, 0.29) is 0 Å². The Hall–Kier alpha value is -1.56. The summed E-state index contributed by atoms with van der Waals surface area (Å²) in [6.45, 7) is 14.0. The van der Waals surface area contributed by atoms with E-state index in [1.165, 1.54) is 5.56 Å². The summed E-state index contributed by atoms with van der Waals surface area (Å²) in [5.41, 5.74) is 2.21. The van der Waals surface area contributed by atoms with Crippen LogP contribution in [0.15, 0.2) is 61.2 Å². The van der Waals surface area contributed by atoms with Crippen LogP contribution in [0.3, 0.4) is 0 Å². The van der Waals surface area contributed by atoms with Crippen LogP contribution in [0.1, 0.15) is 40.2 Å². The van der Waals surface area contributed by atoms with Crippen molar-refractivity contribution in [3.8, 4) is 0 Å². The SMILES string of the molecule is C=C(/C=C\C=C/C)c1ccccc1.CC.CC. The van der Waals surface area contributed by atoms with Crippen molar-refractivity contribution in [1.82, 2.24) is 0 Å². The molecule has 0 aliphatic heterocycles. The van der Waals surface area contributed by atoms with Crippen LogP contribution in [0.2, 0.25) is 0 Å². The van der Waals surface area contributed by atoms with Crippen molar-refractivity contribution < 1.29 is 0 Å². The molecule has 1 aromatic rings. The van der Waals surface area contributed by atoms with Crippen LogP contribution in [0.25, 0.3) is 5.57 Å². The maximum Gasteiger partial charge on any atom is -0.0190 e. The molecule has 0 saturated heterocycles. The lowest BCUT2D eigenvalue weighted by atomic mass is 10.1. The van der Waals surface area contributed by atoms with Crippen LogP contribution in [0.5, 0.6) is 0 Å². The first-order valence-corrected chi connectivity index (χ1v) is 6.38. The summed E-state index contributed by atoms with van der Waals surface area (Å²) < 4.78 is 0. The largest absolute Gasteiger partial charge is 0.0912 e. The van der Waals surface area contributed by atoms with Crippen LogP contribution in [0, 0.1) is 0 Å². The number of hydrogen-bond acceptors (Lipinski definition) is 0. The average molecular weight is 230 g/mol. The predicted molar refractivity (Wildman–Crippen MR) is 82.1 cm³/mol. The van der Waals surface area contributed by atoms with Crippen molar-refractivity contribution in [2.45, 2.75) is 34.6 Å². The van der Waals surface area contributed by atoms with E-state index in [0.717, 1.165) is 5.57 Å². The zero-order chi connectivity index (χ0) is 13.5. The van der Waals surface area contributed by atoms with Gasteiger partial charge in [-0.2, -0.15) is 0 Å². The molecular formula is C17H26. The summed E-state index contributed by atoms with van der Waals surface area (Å²) in [7, 11) is 0. The number of rotatable bonds is 3. The third-order valence-electron chi connectivity index (χ3n) is 1.75. The van der Waals surface area contributed by atoms with Gasteiger partial charge in [-0.15, -0.1) is 0 Å². The second-order valence-corrected chi connectivity index (χ2v) is 2.78. The Morgan fingerprint density at radius 1 is 0.941 bits per heavy atom. The molecule has 0 saturated carbocycles. The van der Waals surface area contributed by atoms with Gasteiger partial charge in [0.05, 0.1) is 0 Å². The van der Waals surface area contributed by atoms with Gasteiger partial charge in [-0.1, -0.05) is 88.9 Å². The third kappa shape index (κ3) is 9.37. The fraction of sp³-hybridized carbons (Fsp3) is 0.294. The first-order valence-electron chi connectivity index (χ1n) is 6.38. The van der Waals surface area contributed by atoms with E-state index in [4.69, 9.17) is 0 Å². The van der Waals surface area contributed by atoms with E-state index in [1.54, 1.807) is 0 Å². The molecule has 0 fully saturated rings. The lowest BCUT2D eigenvalue weighted by Crippen LogP contribution is -1.75. The first kappa shape index (κ1) is 17.8. The molecule has 0 N–H and O–H groups in total. The molecule has 0 aliphatic rings. The second-order valence-electron chi connectivity index (χ2n) is 2.78. The molecular weight excluding hydrogens is 204 g/mol. The van der Waals surface area contributed by atoms with Gasteiger partial charge in [0.1, 0.15) is 0 Å². The van der Waals surface area contributed by atoms with Crippen molar-refractivity contribution in [2.24, 2.45) is 0 Å².